The number of carbonyl (C=O) groups is 1. The number of nitrogens with zero attached hydrogens (tertiary/aromatic N) is 3. The summed E-state index contributed by atoms with van der Waals surface area (Å²) in [7, 11) is 0. The van der Waals surface area contributed by atoms with Crippen LogP contribution in [0.2, 0.25) is 5.02 Å². The van der Waals surface area contributed by atoms with Gasteiger partial charge in [0.05, 0.1) is 6.04 Å². The lowest BCUT2D eigenvalue weighted by molar-refractivity contribution is -0.116. The molecule has 1 aliphatic rings. The van der Waals surface area contributed by atoms with Crippen LogP contribution in [0.1, 0.15) is 23.0 Å². The van der Waals surface area contributed by atoms with Crippen molar-refractivity contribution in [2.45, 2.75) is 30.3 Å². The minimum Gasteiger partial charge on any atom is -0.325 e. The van der Waals surface area contributed by atoms with E-state index in [1.54, 1.807) is 24.3 Å². The largest absolute Gasteiger partial charge is 0.325 e. The van der Waals surface area contributed by atoms with E-state index < -0.39 is 5.25 Å². The highest BCUT2D eigenvalue weighted by molar-refractivity contribution is 8.00. The Morgan fingerprint density at radius 3 is 2.52 bits per heavy atom. The van der Waals surface area contributed by atoms with Crippen molar-refractivity contribution >= 4 is 35.0 Å². The van der Waals surface area contributed by atoms with Crippen molar-refractivity contribution in [3.63, 3.8) is 0 Å². The van der Waals surface area contributed by atoms with Crippen LogP contribution in [0.15, 0.2) is 53.7 Å². The van der Waals surface area contributed by atoms with E-state index in [-0.39, 0.29) is 11.9 Å². The number of fused-ring (bicyclic) bond motifs is 1. The standard InChI is InChI=1S/C19H18ClN5OS/c1-11-3-5-13(6-4-11)16-17(27-19-23-22-12(2)25(19)24-16)18(26)21-15-9-7-14(20)8-10-15/h3-10,16-17,24H,1-2H3,(H,21,26)/t16-,17+/m1/s1. The fourth-order valence-corrected chi connectivity index (χ4v) is 4.18. The lowest BCUT2D eigenvalue weighted by Crippen LogP contribution is -2.41. The molecule has 0 bridgehead atoms. The SMILES string of the molecule is Cc1ccc([C@H]2Nn3c(C)nnc3S[C@@H]2C(=O)Nc2ccc(Cl)cc2)cc1. The van der Waals surface area contributed by atoms with E-state index in [0.29, 0.717) is 15.9 Å². The molecule has 2 aromatic carbocycles. The summed E-state index contributed by atoms with van der Waals surface area (Å²) in [6.07, 6.45) is 0. The van der Waals surface area contributed by atoms with E-state index in [9.17, 15) is 4.79 Å². The van der Waals surface area contributed by atoms with Crippen molar-refractivity contribution in [1.29, 1.82) is 0 Å². The first-order valence-corrected chi connectivity index (χ1v) is 9.75. The first-order chi connectivity index (χ1) is 13.0. The van der Waals surface area contributed by atoms with Crippen LogP contribution in [0.3, 0.4) is 0 Å². The average molecular weight is 400 g/mol. The zero-order valence-corrected chi connectivity index (χ0v) is 16.4. The Kier molecular flexibility index (Phi) is 4.80. The lowest BCUT2D eigenvalue weighted by atomic mass is 10.0. The fourth-order valence-electron chi connectivity index (χ4n) is 2.93. The summed E-state index contributed by atoms with van der Waals surface area (Å²) >= 11 is 7.33. The number of nitrogens with one attached hydrogen (secondary N) is 2. The van der Waals surface area contributed by atoms with Gasteiger partial charge in [0.2, 0.25) is 11.1 Å². The molecule has 8 heteroatoms. The minimum absolute atomic E-state index is 0.104. The van der Waals surface area contributed by atoms with Gasteiger partial charge >= 0.3 is 0 Å². The molecular weight excluding hydrogens is 382 g/mol. The Labute approximate surface area is 166 Å². The highest BCUT2D eigenvalue weighted by Crippen LogP contribution is 2.37. The van der Waals surface area contributed by atoms with Gasteiger partial charge in [0.25, 0.3) is 0 Å². The van der Waals surface area contributed by atoms with Gasteiger partial charge in [0.1, 0.15) is 11.1 Å². The molecule has 1 aliphatic heterocycles. The molecule has 138 valence electrons. The monoisotopic (exact) mass is 399 g/mol. The molecule has 2 atom stereocenters. The summed E-state index contributed by atoms with van der Waals surface area (Å²) in [4.78, 5) is 13.1. The molecule has 0 fully saturated rings. The Morgan fingerprint density at radius 2 is 1.81 bits per heavy atom. The summed E-state index contributed by atoms with van der Waals surface area (Å²) < 4.78 is 1.83. The fraction of sp³-hybridized carbons (Fsp3) is 0.211. The highest BCUT2D eigenvalue weighted by Gasteiger charge is 2.37. The van der Waals surface area contributed by atoms with Crippen LogP contribution in [0.4, 0.5) is 5.69 Å². The summed E-state index contributed by atoms with van der Waals surface area (Å²) in [5.74, 6) is 0.651. The number of benzene rings is 2. The molecule has 27 heavy (non-hydrogen) atoms. The summed E-state index contributed by atoms with van der Waals surface area (Å²) in [5.41, 5.74) is 6.30. The topological polar surface area (TPSA) is 71.8 Å². The van der Waals surface area contributed by atoms with Crippen molar-refractivity contribution in [2.24, 2.45) is 0 Å². The van der Waals surface area contributed by atoms with Gasteiger partial charge in [-0.05, 0) is 43.7 Å². The number of anilines is 1. The maximum Gasteiger partial charge on any atom is 0.240 e. The van der Waals surface area contributed by atoms with Crippen molar-refractivity contribution in [2.75, 3.05) is 10.7 Å². The quantitative estimate of drug-likeness (QED) is 0.697. The van der Waals surface area contributed by atoms with E-state index >= 15 is 0 Å². The van der Waals surface area contributed by atoms with E-state index in [4.69, 9.17) is 11.6 Å². The van der Waals surface area contributed by atoms with Gasteiger partial charge in [-0.25, -0.2) is 4.68 Å². The van der Waals surface area contributed by atoms with Crippen molar-refractivity contribution in [3.8, 4) is 0 Å². The number of aryl methyl sites for hydroxylation is 2. The van der Waals surface area contributed by atoms with Gasteiger partial charge in [-0.1, -0.05) is 53.2 Å². The molecule has 1 amide bonds. The zero-order chi connectivity index (χ0) is 19.0. The Bertz CT molecular complexity index is 971. The number of amides is 1. The number of thioether (sulfide) groups is 1. The minimum atomic E-state index is -0.403. The van der Waals surface area contributed by atoms with Crippen LogP contribution >= 0.6 is 23.4 Å². The number of aromatic nitrogens is 3. The average Bonchev–Trinajstić information content (AvgIpc) is 3.03. The molecule has 0 radical (unpaired) electrons. The number of carbonyl (C=O) groups excluding carboxylic acids is 1. The van der Waals surface area contributed by atoms with E-state index in [1.165, 1.54) is 17.3 Å². The smallest absolute Gasteiger partial charge is 0.240 e. The van der Waals surface area contributed by atoms with E-state index in [2.05, 4.69) is 20.9 Å². The number of rotatable bonds is 3. The van der Waals surface area contributed by atoms with Crippen LogP contribution in [-0.2, 0) is 4.79 Å². The zero-order valence-electron chi connectivity index (χ0n) is 14.8. The second kappa shape index (κ2) is 7.25. The molecule has 2 heterocycles. The van der Waals surface area contributed by atoms with Gasteiger partial charge in [0.15, 0.2) is 0 Å². The van der Waals surface area contributed by atoms with Crippen LogP contribution < -0.4 is 10.7 Å². The highest BCUT2D eigenvalue weighted by atomic mass is 35.5. The first-order valence-electron chi connectivity index (χ1n) is 8.49. The van der Waals surface area contributed by atoms with Crippen LogP contribution in [0.5, 0.6) is 0 Å². The van der Waals surface area contributed by atoms with Gasteiger partial charge < -0.3 is 10.7 Å². The number of hydrogen-bond acceptors (Lipinski definition) is 5. The predicted molar refractivity (Wildman–Crippen MR) is 108 cm³/mol. The van der Waals surface area contributed by atoms with Crippen LogP contribution in [0.25, 0.3) is 0 Å². The summed E-state index contributed by atoms with van der Waals surface area (Å²) in [5, 5.41) is 12.1. The lowest BCUT2D eigenvalue weighted by Gasteiger charge is -2.32. The molecule has 0 saturated heterocycles. The van der Waals surface area contributed by atoms with E-state index in [0.717, 1.165) is 11.4 Å². The Balaban J connectivity index is 1.65. The molecule has 4 rings (SSSR count). The molecule has 0 spiro atoms. The maximum absolute atomic E-state index is 13.1. The normalized spacial score (nSPS) is 18.5. The van der Waals surface area contributed by atoms with Gasteiger partial charge in [0, 0.05) is 10.7 Å². The van der Waals surface area contributed by atoms with Crippen molar-refractivity contribution in [1.82, 2.24) is 14.9 Å². The molecule has 2 N–H and O–H groups in total. The second-order valence-electron chi connectivity index (χ2n) is 6.42. The second-order valence-corrected chi connectivity index (χ2v) is 7.96. The number of hydrogen-bond donors (Lipinski definition) is 2. The van der Waals surface area contributed by atoms with Gasteiger partial charge in [-0.2, -0.15) is 0 Å². The van der Waals surface area contributed by atoms with Gasteiger partial charge in [-0.15, -0.1) is 10.2 Å². The molecule has 1 aromatic heterocycles. The van der Waals surface area contributed by atoms with E-state index in [1.807, 2.05) is 42.8 Å². The first kappa shape index (κ1) is 17.9. The third-order valence-corrected chi connectivity index (χ3v) is 5.87. The van der Waals surface area contributed by atoms with Crippen LogP contribution in [-0.4, -0.2) is 26.0 Å². The molecule has 0 aliphatic carbocycles. The van der Waals surface area contributed by atoms with Crippen LogP contribution in [0, 0.1) is 13.8 Å². The predicted octanol–water partition coefficient (Wildman–Crippen LogP) is 3.95. The molecule has 6 nitrogen and oxygen atoms in total. The number of halogens is 1. The Hall–Kier alpha value is -2.51. The van der Waals surface area contributed by atoms with Gasteiger partial charge in [-0.3, -0.25) is 4.79 Å². The molecule has 3 aromatic rings. The third-order valence-electron chi connectivity index (χ3n) is 4.41. The molecular formula is C19H18ClN5OS. The summed E-state index contributed by atoms with van der Waals surface area (Å²) in [6, 6.07) is 15.0. The summed E-state index contributed by atoms with van der Waals surface area (Å²) in [6.45, 7) is 3.92. The Morgan fingerprint density at radius 1 is 1.11 bits per heavy atom. The maximum atomic E-state index is 13.1. The third kappa shape index (κ3) is 3.65. The molecule has 0 saturated carbocycles. The van der Waals surface area contributed by atoms with Crippen molar-refractivity contribution in [3.05, 3.63) is 70.5 Å². The molecule has 0 unspecified atom stereocenters. The van der Waals surface area contributed by atoms with Crippen molar-refractivity contribution < 1.29 is 4.79 Å².